The molecule has 0 saturated heterocycles. The third-order valence-electron chi connectivity index (χ3n) is 6.82. The number of amides is 2. The minimum atomic E-state index is -4.31. The van der Waals surface area contributed by atoms with Gasteiger partial charge >= 0.3 is 0 Å². The van der Waals surface area contributed by atoms with Crippen LogP contribution in [0, 0.1) is 0 Å². The summed E-state index contributed by atoms with van der Waals surface area (Å²) in [5.41, 5.74) is 0.962. The first-order valence-electron chi connectivity index (χ1n) is 14.2. The minimum Gasteiger partial charge on any atom is -0.350 e. The maximum absolute atomic E-state index is 14.5. The van der Waals surface area contributed by atoms with E-state index in [1.807, 2.05) is 51.1 Å². The van der Waals surface area contributed by atoms with Crippen molar-refractivity contribution in [3.63, 3.8) is 0 Å². The van der Waals surface area contributed by atoms with Crippen molar-refractivity contribution in [3.05, 3.63) is 129 Å². The zero-order valence-electron chi connectivity index (χ0n) is 25.1. The molecular formula is C34H34Cl3N3O4S. The second-order valence-corrected chi connectivity index (χ2v) is 14.7. The minimum absolute atomic E-state index is 0.00751. The Balaban J connectivity index is 1.84. The quantitative estimate of drug-likeness (QED) is 0.178. The van der Waals surface area contributed by atoms with Crippen molar-refractivity contribution in [3.8, 4) is 0 Å². The summed E-state index contributed by atoms with van der Waals surface area (Å²) in [7, 11) is -4.31. The summed E-state index contributed by atoms with van der Waals surface area (Å²) < 4.78 is 29.1. The largest absolute Gasteiger partial charge is 0.350 e. The Kier molecular flexibility index (Phi) is 11.2. The number of hydrogen-bond acceptors (Lipinski definition) is 4. The van der Waals surface area contributed by atoms with Gasteiger partial charge in [-0.3, -0.25) is 13.9 Å². The highest BCUT2D eigenvalue weighted by Gasteiger charge is 2.36. The van der Waals surface area contributed by atoms with Crippen molar-refractivity contribution < 1.29 is 18.0 Å². The van der Waals surface area contributed by atoms with Gasteiger partial charge in [0, 0.05) is 28.5 Å². The van der Waals surface area contributed by atoms with E-state index in [0.29, 0.717) is 10.6 Å². The maximum Gasteiger partial charge on any atom is 0.264 e. The Morgan fingerprint density at radius 3 is 1.96 bits per heavy atom. The molecule has 236 valence electrons. The number of nitrogens with zero attached hydrogens (tertiary/aromatic N) is 2. The lowest BCUT2D eigenvalue weighted by Crippen LogP contribution is -2.56. The standard InChI is InChI=1S/C34H34Cl3N3O4S/c1-34(2,3)38-33(42)31(20-24-10-6-4-7-11-24)39(22-25-14-16-26(35)17-15-25)32(41)23-40(30-21-27(36)18-19-29(30)37)45(43,44)28-12-8-5-9-13-28/h4-19,21,31H,20,22-23H2,1-3H3,(H,38,42). The van der Waals surface area contributed by atoms with Gasteiger partial charge in [0.15, 0.2) is 0 Å². The van der Waals surface area contributed by atoms with Crippen LogP contribution in [0.25, 0.3) is 0 Å². The van der Waals surface area contributed by atoms with Gasteiger partial charge in [0.2, 0.25) is 11.8 Å². The third kappa shape index (κ3) is 9.23. The Morgan fingerprint density at radius 2 is 1.36 bits per heavy atom. The van der Waals surface area contributed by atoms with E-state index in [0.717, 1.165) is 9.87 Å². The zero-order valence-corrected chi connectivity index (χ0v) is 28.2. The second kappa shape index (κ2) is 14.7. The molecule has 0 spiro atoms. The molecule has 4 aromatic rings. The lowest BCUT2D eigenvalue weighted by Gasteiger charge is -2.35. The summed E-state index contributed by atoms with van der Waals surface area (Å²) in [6, 6.07) is 27.4. The first-order chi connectivity index (χ1) is 21.2. The number of sulfonamides is 1. The Bertz CT molecular complexity index is 1730. The lowest BCUT2D eigenvalue weighted by atomic mass is 10.0. The van der Waals surface area contributed by atoms with E-state index < -0.39 is 34.1 Å². The monoisotopic (exact) mass is 685 g/mol. The molecule has 0 aliphatic rings. The molecular weight excluding hydrogens is 653 g/mol. The molecule has 1 N–H and O–H groups in total. The van der Waals surface area contributed by atoms with Crippen molar-refractivity contribution >= 4 is 62.3 Å². The van der Waals surface area contributed by atoms with E-state index in [1.165, 1.54) is 35.2 Å². The first-order valence-corrected chi connectivity index (χ1v) is 16.7. The lowest BCUT2D eigenvalue weighted by molar-refractivity contribution is -0.140. The average molecular weight is 687 g/mol. The Labute approximate surface area is 279 Å². The molecule has 11 heteroatoms. The molecule has 4 rings (SSSR count). The van der Waals surface area contributed by atoms with Gasteiger partial charge in [-0.15, -0.1) is 0 Å². The number of carbonyl (C=O) groups is 2. The molecule has 4 aromatic carbocycles. The summed E-state index contributed by atoms with van der Waals surface area (Å²) in [4.78, 5) is 29.8. The van der Waals surface area contributed by atoms with Crippen molar-refractivity contribution in [1.29, 1.82) is 0 Å². The van der Waals surface area contributed by atoms with Crippen LogP contribution in [0.3, 0.4) is 0 Å². The van der Waals surface area contributed by atoms with Crippen molar-refractivity contribution in [1.82, 2.24) is 10.2 Å². The Morgan fingerprint density at radius 1 is 0.778 bits per heavy atom. The molecule has 0 saturated carbocycles. The molecule has 0 aliphatic carbocycles. The van der Waals surface area contributed by atoms with Gasteiger partial charge in [0.05, 0.1) is 15.6 Å². The summed E-state index contributed by atoms with van der Waals surface area (Å²) in [5.74, 6) is -1.00. The van der Waals surface area contributed by atoms with Crippen LogP contribution in [0.4, 0.5) is 5.69 Å². The summed E-state index contributed by atoms with van der Waals surface area (Å²) >= 11 is 18.9. The zero-order chi connectivity index (χ0) is 32.8. The average Bonchev–Trinajstić information content (AvgIpc) is 3.00. The molecule has 0 aliphatic heterocycles. The fraction of sp³-hybridized carbons (Fsp3) is 0.235. The van der Waals surface area contributed by atoms with E-state index in [2.05, 4.69) is 5.32 Å². The predicted octanol–water partition coefficient (Wildman–Crippen LogP) is 7.40. The first kappa shape index (κ1) is 34.3. The van der Waals surface area contributed by atoms with Gasteiger partial charge in [0.25, 0.3) is 10.0 Å². The molecule has 0 heterocycles. The molecule has 0 bridgehead atoms. The van der Waals surface area contributed by atoms with Crippen LogP contribution in [0.2, 0.25) is 15.1 Å². The number of hydrogen-bond donors (Lipinski definition) is 1. The van der Waals surface area contributed by atoms with Crippen LogP contribution in [-0.4, -0.2) is 43.3 Å². The number of carbonyl (C=O) groups excluding carboxylic acids is 2. The number of anilines is 1. The van der Waals surface area contributed by atoms with Gasteiger partial charge in [-0.05, 0) is 74.4 Å². The molecule has 0 aromatic heterocycles. The van der Waals surface area contributed by atoms with Crippen molar-refractivity contribution in [2.24, 2.45) is 0 Å². The van der Waals surface area contributed by atoms with E-state index in [-0.39, 0.29) is 39.5 Å². The maximum atomic E-state index is 14.5. The van der Waals surface area contributed by atoms with E-state index in [9.17, 15) is 18.0 Å². The highest BCUT2D eigenvalue weighted by atomic mass is 35.5. The summed E-state index contributed by atoms with van der Waals surface area (Å²) in [5, 5.41) is 3.84. The van der Waals surface area contributed by atoms with Gasteiger partial charge in [0.1, 0.15) is 12.6 Å². The smallest absolute Gasteiger partial charge is 0.264 e. The number of halogens is 3. The molecule has 0 fully saturated rings. The third-order valence-corrected chi connectivity index (χ3v) is 9.40. The number of rotatable bonds is 11. The van der Waals surface area contributed by atoms with E-state index in [1.54, 1.807) is 42.5 Å². The van der Waals surface area contributed by atoms with E-state index in [4.69, 9.17) is 34.8 Å². The predicted molar refractivity (Wildman–Crippen MR) is 181 cm³/mol. The van der Waals surface area contributed by atoms with Gasteiger partial charge < -0.3 is 10.2 Å². The summed E-state index contributed by atoms with van der Waals surface area (Å²) in [6.45, 7) is 4.91. The number of benzene rings is 4. The number of nitrogens with one attached hydrogen (secondary N) is 1. The van der Waals surface area contributed by atoms with Crippen molar-refractivity contribution in [2.45, 2.75) is 50.2 Å². The fourth-order valence-corrected chi connectivity index (χ4v) is 6.71. The normalized spacial score (nSPS) is 12.3. The van der Waals surface area contributed by atoms with Gasteiger partial charge in [-0.2, -0.15) is 0 Å². The fourth-order valence-electron chi connectivity index (χ4n) is 4.70. The molecule has 45 heavy (non-hydrogen) atoms. The van der Waals surface area contributed by atoms with E-state index >= 15 is 0 Å². The topological polar surface area (TPSA) is 86.8 Å². The van der Waals surface area contributed by atoms with Crippen LogP contribution in [0.15, 0.2) is 108 Å². The van der Waals surface area contributed by atoms with Crippen LogP contribution in [0.1, 0.15) is 31.9 Å². The molecule has 0 radical (unpaired) electrons. The van der Waals surface area contributed by atoms with Crippen LogP contribution < -0.4 is 9.62 Å². The van der Waals surface area contributed by atoms with Crippen LogP contribution in [-0.2, 0) is 32.6 Å². The SMILES string of the molecule is CC(C)(C)NC(=O)C(Cc1ccccc1)N(Cc1ccc(Cl)cc1)C(=O)CN(c1cc(Cl)ccc1Cl)S(=O)(=O)c1ccccc1. The Hall–Kier alpha value is -3.56. The molecule has 2 amide bonds. The highest BCUT2D eigenvalue weighted by Crippen LogP contribution is 2.33. The van der Waals surface area contributed by atoms with Crippen LogP contribution in [0.5, 0.6) is 0 Å². The highest BCUT2D eigenvalue weighted by molar-refractivity contribution is 7.92. The molecule has 7 nitrogen and oxygen atoms in total. The molecule has 1 atom stereocenters. The van der Waals surface area contributed by atoms with Crippen LogP contribution >= 0.6 is 34.8 Å². The van der Waals surface area contributed by atoms with Crippen molar-refractivity contribution in [2.75, 3.05) is 10.8 Å². The second-order valence-electron chi connectivity index (χ2n) is 11.5. The molecule has 1 unspecified atom stereocenters. The van der Waals surface area contributed by atoms with Gasteiger partial charge in [-0.1, -0.05) is 95.5 Å². The van der Waals surface area contributed by atoms with Gasteiger partial charge in [-0.25, -0.2) is 8.42 Å². The summed E-state index contributed by atoms with van der Waals surface area (Å²) in [6.07, 6.45) is 0.186.